The van der Waals surface area contributed by atoms with Crippen LogP contribution in [0, 0.1) is 5.92 Å². The number of carbonyl (C=O) groups excluding carboxylic acids is 1. The van der Waals surface area contributed by atoms with Crippen LogP contribution >= 0.6 is 0 Å². The lowest BCUT2D eigenvalue weighted by Gasteiger charge is -2.06. The molecule has 0 aliphatic heterocycles. The first-order valence-corrected chi connectivity index (χ1v) is 7.52. The molecule has 0 bridgehead atoms. The van der Waals surface area contributed by atoms with E-state index in [1.165, 1.54) is 5.56 Å². The van der Waals surface area contributed by atoms with Crippen LogP contribution in [0.3, 0.4) is 0 Å². The van der Waals surface area contributed by atoms with Crippen LogP contribution < -0.4 is 10.6 Å². The van der Waals surface area contributed by atoms with Gasteiger partial charge < -0.3 is 15.2 Å². The minimum absolute atomic E-state index is 0.0155. The fraction of sp³-hybridized carbons (Fsp3) is 0.500. The number of aromatic nitrogens is 2. The van der Waals surface area contributed by atoms with E-state index in [1.807, 2.05) is 23.8 Å². The van der Waals surface area contributed by atoms with Crippen LogP contribution in [0.2, 0.25) is 0 Å². The molecule has 0 saturated heterocycles. The monoisotopic (exact) mass is 288 g/mol. The van der Waals surface area contributed by atoms with Gasteiger partial charge in [0.2, 0.25) is 5.91 Å². The average molecular weight is 288 g/mol. The minimum atomic E-state index is 0.0155. The predicted molar refractivity (Wildman–Crippen MR) is 85.0 cm³/mol. The highest BCUT2D eigenvalue weighted by Crippen LogP contribution is 2.19. The molecule has 2 rings (SSSR count). The molecule has 5 nitrogen and oxygen atoms in total. The van der Waals surface area contributed by atoms with Gasteiger partial charge in [-0.1, -0.05) is 13.8 Å². The summed E-state index contributed by atoms with van der Waals surface area (Å²) in [7, 11) is 0. The van der Waals surface area contributed by atoms with Crippen LogP contribution in [0.4, 0.5) is 0 Å². The molecule has 0 saturated carbocycles. The van der Waals surface area contributed by atoms with E-state index < -0.39 is 0 Å². The van der Waals surface area contributed by atoms with Crippen LogP contribution in [0.15, 0.2) is 24.5 Å². The number of carbonyl (C=O) groups is 1. The second-order valence-electron chi connectivity index (χ2n) is 5.64. The van der Waals surface area contributed by atoms with Crippen molar-refractivity contribution in [2.75, 3.05) is 13.1 Å². The Morgan fingerprint density at radius 3 is 2.95 bits per heavy atom. The van der Waals surface area contributed by atoms with Gasteiger partial charge in [-0.05, 0) is 37.1 Å². The normalized spacial score (nSPS) is 11.2. The molecule has 0 atom stereocenters. The topological polar surface area (TPSA) is 59.0 Å². The van der Waals surface area contributed by atoms with Crippen LogP contribution in [-0.4, -0.2) is 28.5 Å². The third kappa shape index (κ3) is 4.04. The quantitative estimate of drug-likeness (QED) is 0.818. The molecule has 5 heteroatoms. The largest absolute Gasteiger partial charge is 0.355 e. The Morgan fingerprint density at radius 2 is 2.24 bits per heavy atom. The Hall–Kier alpha value is -1.88. The summed E-state index contributed by atoms with van der Waals surface area (Å²) in [6.07, 6.45) is 3.79. The highest BCUT2D eigenvalue weighted by molar-refractivity contribution is 5.83. The first-order chi connectivity index (χ1) is 10.1. The molecule has 0 aliphatic carbocycles. The molecule has 0 aliphatic rings. The Kier molecular flexibility index (Phi) is 5.33. The molecule has 1 amide bonds. The molecule has 2 N–H and O–H groups in total. The van der Waals surface area contributed by atoms with Gasteiger partial charge in [0.1, 0.15) is 12.2 Å². The summed E-state index contributed by atoms with van der Waals surface area (Å²) in [5, 5.41) is 7.38. The number of rotatable bonds is 7. The van der Waals surface area contributed by atoms with Gasteiger partial charge in [0.15, 0.2) is 0 Å². The zero-order chi connectivity index (χ0) is 15.2. The van der Waals surface area contributed by atoms with E-state index in [0.717, 1.165) is 24.1 Å². The van der Waals surface area contributed by atoms with Crippen LogP contribution in [0.25, 0.3) is 11.0 Å². The van der Waals surface area contributed by atoms with Crippen molar-refractivity contribution in [3.05, 3.63) is 30.1 Å². The maximum Gasteiger partial charge on any atom is 0.239 e. The summed E-state index contributed by atoms with van der Waals surface area (Å²) in [5.41, 5.74) is 2.05. The molecule has 0 unspecified atom stereocenters. The molecule has 0 aromatic carbocycles. The van der Waals surface area contributed by atoms with Crippen molar-refractivity contribution < 1.29 is 4.79 Å². The third-order valence-corrected chi connectivity index (χ3v) is 3.27. The molecule has 0 fully saturated rings. The van der Waals surface area contributed by atoms with Gasteiger partial charge in [-0.2, -0.15) is 0 Å². The highest BCUT2D eigenvalue weighted by Gasteiger charge is 2.11. The van der Waals surface area contributed by atoms with Crippen LogP contribution in [0.1, 0.15) is 26.3 Å². The van der Waals surface area contributed by atoms with Gasteiger partial charge in [0.25, 0.3) is 0 Å². The van der Waals surface area contributed by atoms with E-state index in [4.69, 9.17) is 0 Å². The lowest BCUT2D eigenvalue weighted by atomic mass is 10.2. The van der Waals surface area contributed by atoms with E-state index in [1.54, 1.807) is 6.20 Å². The molecule has 114 valence electrons. The smallest absolute Gasteiger partial charge is 0.239 e. The first kappa shape index (κ1) is 15.5. The number of fused-ring (bicyclic) bond motifs is 1. The summed E-state index contributed by atoms with van der Waals surface area (Å²) in [6.45, 7) is 9.02. The van der Waals surface area contributed by atoms with Gasteiger partial charge in [-0.3, -0.25) is 4.79 Å². The SMILES string of the molecule is CCNC(=O)Cn1cc(CNCC(C)C)c2cccnc21. The maximum atomic E-state index is 11.8. The number of likely N-dealkylation sites (N-methyl/N-ethyl adjacent to an activating group) is 1. The molecule has 2 aromatic heterocycles. The highest BCUT2D eigenvalue weighted by atomic mass is 16.1. The van der Waals surface area contributed by atoms with Crippen molar-refractivity contribution in [3.63, 3.8) is 0 Å². The summed E-state index contributed by atoms with van der Waals surface area (Å²) in [5.74, 6) is 0.633. The number of hydrogen-bond acceptors (Lipinski definition) is 3. The second kappa shape index (κ2) is 7.22. The maximum absolute atomic E-state index is 11.8. The van der Waals surface area contributed by atoms with E-state index in [-0.39, 0.29) is 5.91 Å². The van der Waals surface area contributed by atoms with Crippen LogP contribution in [-0.2, 0) is 17.9 Å². The Morgan fingerprint density at radius 1 is 1.43 bits per heavy atom. The van der Waals surface area contributed by atoms with Crippen LogP contribution in [0.5, 0.6) is 0 Å². The summed E-state index contributed by atoms with van der Waals surface area (Å²) in [4.78, 5) is 16.2. The van der Waals surface area contributed by atoms with Crippen molar-refractivity contribution in [2.24, 2.45) is 5.92 Å². The second-order valence-corrected chi connectivity index (χ2v) is 5.64. The Labute approximate surface area is 125 Å². The third-order valence-electron chi connectivity index (χ3n) is 3.27. The van der Waals surface area contributed by atoms with Gasteiger partial charge in [-0.25, -0.2) is 4.98 Å². The van der Waals surface area contributed by atoms with Crippen molar-refractivity contribution in [1.82, 2.24) is 20.2 Å². The van der Waals surface area contributed by atoms with Crippen molar-refractivity contribution >= 4 is 16.9 Å². The fourth-order valence-electron chi connectivity index (χ4n) is 2.36. The summed E-state index contributed by atoms with van der Waals surface area (Å²) < 4.78 is 1.92. The van der Waals surface area contributed by atoms with Crippen molar-refractivity contribution in [1.29, 1.82) is 0 Å². The van der Waals surface area contributed by atoms with E-state index in [2.05, 4.69) is 35.5 Å². The molecular formula is C16H24N4O. The van der Waals surface area contributed by atoms with Gasteiger partial charge in [-0.15, -0.1) is 0 Å². The minimum Gasteiger partial charge on any atom is -0.355 e. The number of hydrogen-bond donors (Lipinski definition) is 2. The van der Waals surface area contributed by atoms with Crippen molar-refractivity contribution in [2.45, 2.75) is 33.9 Å². The van der Waals surface area contributed by atoms with E-state index in [9.17, 15) is 4.79 Å². The fourth-order valence-corrected chi connectivity index (χ4v) is 2.36. The molecule has 0 radical (unpaired) electrons. The standard InChI is InChI=1S/C16H24N4O/c1-4-18-15(21)11-20-10-13(9-17-8-12(2)3)14-6-5-7-19-16(14)20/h5-7,10,12,17H,4,8-9,11H2,1-3H3,(H,18,21). The zero-order valence-corrected chi connectivity index (χ0v) is 13.0. The number of amides is 1. The molecular weight excluding hydrogens is 264 g/mol. The zero-order valence-electron chi connectivity index (χ0n) is 13.0. The van der Waals surface area contributed by atoms with Gasteiger partial charge >= 0.3 is 0 Å². The average Bonchev–Trinajstić information content (AvgIpc) is 2.77. The first-order valence-electron chi connectivity index (χ1n) is 7.52. The summed E-state index contributed by atoms with van der Waals surface area (Å²) in [6, 6.07) is 3.99. The lowest BCUT2D eigenvalue weighted by molar-refractivity contribution is -0.121. The van der Waals surface area contributed by atoms with E-state index in [0.29, 0.717) is 19.0 Å². The molecule has 2 aromatic rings. The molecule has 21 heavy (non-hydrogen) atoms. The summed E-state index contributed by atoms with van der Waals surface area (Å²) >= 11 is 0. The Balaban J connectivity index is 2.19. The number of nitrogens with zero attached hydrogens (tertiary/aromatic N) is 2. The number of nitrogens with one attached hydrogen (secondary N) is 2. The lowest BCUT2D eigenvalue weighted by Crippen LogP contribution is -2.26. The van der Waals surface area contributed by atoms with Gasteiger partial charge in [0, 0.05) is 30.9 Å². The molecule has 0 spiro atoms. The van der Waals surface area contributed by atoms with E-state index >= 15 is 0 Å². The number of pyridine rings is 1. The van der Waals surface area contributed by atoms with Crippen molar-refractivity contribution in [3.8, 4) is 0 Å². The van der Waals surface area contributed by atoms with Gasteiger partial charge in [0.05, 0.1) is 0 Å². The predicted octanol–water partition coefficient (Wildman–Crippen LogP) is 1.92. The Bertz CT molecular complexity index is 603. The molecule has 2 heterocycles.